The number of anilines is 1. The lowest BCUT2D eigenvalue weighted by Crippen LogP contribution is -2.46. The minimum atomic E-state index is -0.196. The van der Waals surface area contributed by atoms with Gasteiger partial charge in [-0.25, -0.2) is 0 Å². The van der Waals surface area contributed by atoms with E-state index in [2.05, 4.69) is 20.4 Å². The van der Waals surface area contributed by atoms with E-state index in [-0.39, 0.29) is 11.4 Å². The smallest absolute Gasteiger partial charge is 0.234 e. The number of hydrogen-bond acceptors (Lipinski definition) is 4. The molecule has 0 saturated carbocycles. The van der Waals surface area contributed by atoms with E-state index in [0.717, 1.165) is 49.1 Å². The average molecular weight is 379 g/mol. The molecule has 0 aliphatic carbocycles. The van der Waals surface area contributed by atoms with Crippen LogP contribution in [0.2, 0.25) is 0 Å². The van der Waals surface area contributed by atoms with Crippen molar-refractivity contribution in [2.75, 3.05) is 45.2 Å². The van der Waals surface area contributed by atoms with E-state index in [1.54, 1.807) is 7.11 Å². The molecule has 1 heterocycles. The summed E-state index contributed by atoms with van der Waals surface area (Å²) in [6, 6.07) is 7.71. The van der Waals surface area contributed by atoms with E-state index in [4.69, 9.17) is 17.0 Å². The molecule has 0 radical (unpaired) electrons. The number of benzene rings is 1. The summed E-state index contributed by atoms with van der Waals surface area (Å²) >= 11 is 5.56. The molecule has 1 aromatic carbocycles. The molecule has 1 aliphatic heterocycles. The fourth-order valence-electron chi connectivity index (χ4n) is 2.87. The number of methoxy groups -OCH3 is 1. The highest BCUT2D eigenvalue weighted by Gasteiger charge is 2.20. The van der Waals surface area contributed by atoms with Gasteiger partial charge in [-0.1, -0.05) is 0 Å². The first-order valence-electron chi connectivity index (χ1n) is 9.00. The predicted molar refractivity (Wildman–Crippen MR) is 110 cm³/mol. The van der Waals surface area contributed by atoms with Gasteiger partial charge in [-0.2, -0.15) is 0 Å². The van der Waals surface area contributed by atoms with E-state index in [9.17, 15) is 4.79 Å². The Balaban J connectivity index is 1.83. The Morgan fingerprint density at radius 3 is 2.46 bits per heavy atom. The molecule has 1 fully saturated rings. The number of hydrogen-bond donors (Lipinski definition) is 2. The van der Waals surface area contributed by atoms with Crippen molar-refractivity contribution in [1.82, 2.24) is 15.1 Å². The van der Waals surface area contributed by atoms with Crippen molar-refractivity contribution >= 4 is 28.9 Å². The zero-order valence-electron chi connectivity index (χ0n) is 16.2. The Morgan fingerprint density at radius 2 is 1.85 bits per heavy atom. The molecule has 0 spiro atoms. The number of nitrogens with one attached hydrogen (secondary N) is 2. The van der Waals surface area contributed by atoms with Crippen LogP contribution in [0.4, 0.5) is 5.69 Å². The molecule has 2 N–H and O–H groups in total. The van der Waals surface area contributed by atoms with Crippen LogP contribution >= 0.6 is 12.2 Å². The highest BCUT2D eigenvalue weighted by Crippen LogP contribution is 2.16. The second-order valence-electron chi connectivity index (χ2n) is 7.57. The van der Waals surface area contributed by atoms with Crippen molar-refractivity contribution in [1.29, 1.82) is 0 Å². The molecular weight excluding hydrogens is 348 g/mol. The van der Waals surface area contributed by atoms with Crippen molar-refractivity contribution in [2.45, 2.75) is 32.7 Å². The Hall–Kier alpha value is -1.86. The molecule has 1 aromatic rings. The molecule has 1 amide bonds. The first-order valence-corrected chi connectivity index (χ1v) is 9.41. The highest BCUT2D eigenvalue weighted by molar-refractivity contribution is 7.80. The molecule has 0 aromatic heterocycles. The van der Waals surface area contributed by atoms with Crippen molar-refractivity contribution in [3.63, 3.8) is 0 Å². The second-order valence-corrected chi connectivity index (χ2v) is 7.96. The predicted octanol–water partition coefficient (Wildman–Crippen LogP) is 2.31. The molecule has 1 aliphatic rings. The third-order valence-corrected chi connectivity index (χ3v) is 4.46. The van der Waals surface area contributed by atoms with Crippen LogP contribution in [-0.4, -0.2) is 66.2 Å². The van der Waals surface area contributed by atoms with Gasteiger partial charge in [0, 0.05) is 37.4 Å². The molecule has 26 heavy (non-hydrogen) atoms. The van der Waals surface area contributed by atoms with Crippen molar-refractivity contribution in [3.05, 3.63) is 24.3 Å². The first-order chi connectivity index (χ1) is 12.3. The zero-order chi connectivity index (χ0) is 19.2. The third kappa shape index (κ3) is 6.80. The topological polar surface area (TPSA) is 56.8 Å². The van der Waals surface area contributed by atoms with Gasteiger partial charge < -0.3 is 20.3 Å². The summed E-state index contributed by atoms with van der Waals surface area (Å²) in [7, 11) is 1.65. The van der Waals surface area contributed by atoms with E-state index in [1.807, 2.05) is 45.0 Å². The summed E-state index contributed by atoms with van der Waals surface area (Å²) in [6.45, 7) is 9.85. The van der Waals surface area contributed by atoms with Crippen LogP contribution < -0.4 is 15.4 Å². The molecule has 1 saturated heterocycles. The van der Waals surface area contributed by atoms with Gasteiger partial charge in [0.1, 0.15) is 5.75 Å². The van der Waals surface area contributed by atoms with Gasteiger partial charge in [-0.3, -0.25) is 9.69 Å². The minimum Gasteiger partial charge on any atom is -0.497 e. The summed E-state index contributed by atoms with van der Waals surface area (Å²) in [6.07, 6.45) is 0.979. The summed E-state index contributed by atoms with van der Waals surface area (Å²) < 4.78 is 5.17. The Labute approximate surface area is 161 Å². The number of nitrogens with zero attached hydrogens (tertiary/aromatic N) is 2. The fraction of sp³-hybridized carbons (Fsp3) is 0.579. The summed E-state index contributed by atoms with van der Waals surface area (Å²) in [4.78, 5) is 16.5. The van der Waals surface area contributed by atoms with E-state index in [0.29, 0.717) is 6.54 Å². The number of rotatable bonds is 4. The van der Waals surface area contributed by atoms with Gasteiger partial charge in [0.15, 0.2) is 5.11 Å². The van der Waals surface area contributed by atoms with E-state index >= 15 is 0 Å². The Morgan fingerprint density at radius 1 is 1.15 bits per heavy atom. The third-order valence-electron chi connectivity index (χ3n) is 4.10. The van der Waals surface area contributed by atoms with E-state index in [1.165, 1.54) is 0 Å². The van der Waals surface area contributed by atoms with Crippen LogP contribution in [0.5, 0.6) is 5.75 Å². The average Bonchev–Trinajstić information content (AvgIpc) is 2.79. The quantitative estimate of drug-likeness (QED) is 0.784. The Bertz CT molecular complexity index is 613. The molecule has 2 rings (SSSR count). The van der Waals surface area contributed by atoms with Crippen molar-refractivity contribution < 1.29 is 9.53 Å². The SMILES string of the molecule is COc1ccc(NC(=S)N2CCCN(CC(=O)NC(C)(C)C)CC2)cc1. The van der Waals surface area contributed by atoms with Crippen LogP contribution in [0.25, 0.3) is 0 Å². The van der Waals surface area contributed by atoms with Gasteiger partial charge in [0.25, 0.3) is 0 Å². The number of carbonyl (C=O) groups is 1. The van der Waals surface area contributed by atoms with E-state index < -0.39 is 0 Å². The number of carbonyl (C=O) groups excluding carboxylic acids is 1. The van der Waals surface area contributed by atoms with Crippen LogP contribution in [0, 0.1) is 0 Å². The van der Waals surface area contributed by atoms with Crippen LogP contribution in [-0.2, 0) is 4.79 Å². The maximum absolute atomic E-state index is 12.1. The summed E-state index contributed by atoms with van der Waals surface area (Å²) in [5.74, 6) is 0.894. The summed E-state index contributed by atoms with van der Waals surface area (Å²) in [5, 5.41) is 7.02. The van der Waals surface area contributed by atoms with Crippen LogP contribution in [0.1, 0.15) is 27.2 Å². The van der Waals surface area contributed by atoms with Gasteiger partial charge in [-0.15, -0.1) is 0 Å². The normalized spacial score (nSPS) is 15.9. The lowest BCUT2D eigenvalue weighted by atomic mass is 10.1. The Kier molecular flexibility index (Phi) is 7.23. The molecule has 144 valence electrons. The standard InChI is InChI=1S/C19H30N4O2S/c1-19(2,3)21-17(24)14-22-10-5-11-23(13-12-22)18(26)20-15-6-8-16(25-4)9-7-15/h6-9H,5,10-14H2,1-4H3,(H,20,26)(H,21,24). The van der Waals surface area contributed by atoms with Crippen LogP contribution in [0.15, 0.2) is 24.3 Å². The van der Waals surface area contributed by atoms with Crippen molar-refractivity contribution in [2.24, 2.45) is 0 Å². The number of ether oxygens (including phenoxy) is 1. The monoisotopic (exact) mass is 378 g/mol. The van der Waals surface area contributed by atoms with Gasteiger partial charge >= 0.3 is 0 Å². The second kappa shape index (κ2) is 9.19. The lowest BCUT2D eigenvalue weighted by Gasteiger charge is -2.26. The maximum atomic E-state index is 12.1. The van der Waals surface area contributed by atoms with Gasteiger partial charge in [0.05, 0.1) is 13.7 Å². The van der Waals surface area contributed by atoms with Crippen LogP contribution in [0.3, 0.4) is 0 Å². The molecule has 6 nitrogen and oxygen atoms in total. The molecule has 0 atom stereocenters. The first kappa shape index (κ1) is 20.5. The highest BCUT2D eigenvalue weighted by atomic mass is 32.1. The number of thiocarbonyl (C=S) groups is 1. The van der Waals surface area contributed by atoms with Gasteiger partial charge in [0.2, 0.25) is 5.91 Å². The molecule has 0 bridgehead atoms. The maximum Gasteiger partial charge on any atom is 0.234 e. The van der Waals surface area contributed by atoms with Gasteiger partial charge in [-0.05, 0) is 63.7 Å². The molecular formula is C19H30N4O2S. The minimum absolute atomic E-state index is 0.0740. The zero-order valence-corrected chi connectivity index (χ0v) is 17.0. The van der Waals surface area contributed by atoms with Crippen molar-refractivity contribution in [3.8, 4) is 5.75 Å². The molecule has 0 unspecified atom stereocenters. The number of amides is 1. The largest absolute Gasteiger partial charge is 0.497 e. The molecule has 7 heteroatoms. The fourth-order valence-corrected chi connectivity index (χ4v) is 3.17. The lowest BCUT2D eigenvalue weighted by molar-refractivity contribution is -0.123. The summed E-state index contributed by atoms with van der Waals surface area (Å²) in [5.41, 5.74) is 0.750.